The SMILES string of the molecule is CCNc1nc(C)cc(NCC2CCC(C)C2)n1. The molecule has 1 heterocycles. The zero-order valence-electron chi connectivity index (χ0n) is 11.7. The standard InChI is InChI=1S/C14H24N4/c1-4-15-14-17-11(3)8-13(18-14)16-9-12-6-5-10(2)7-12/h8,10,12H,4-7,9H2,1-3H3,(H2,15,16,17,18). The van der Waals surface area contributed by atoms with Gasteiger partial charge in [-0.05, 0) is 38.5 Å². The molecule has 1 aliphatic carbocycles. The van der Waals surface area contributed by atoms with Crippen LogP contribution in [0.1, 0.15) is 38.8 Å². The van der Waals surface area contributed by atoms with Crippen LogP contribution in [0.15, 0.2) is 6.07 Å². The topological polar surface area (TPSA) is 49.8 Å². The molecule has 0 bridgehead atoms. The van der Waals surface area contributed by atoms with Crippen molar-refractivity contribution in [2.75, 3.05) is 23.7 Å². The summed E-state index contributed by atoms with van der Waals surface area (Å²) in [4.78, 5) is 8.82. The summed E-state index contributed by atoms with van der Waals surface area (Å²) in [6, 6.07) is 2.01. The first-order valence-corrected chi connectivity index (χ1v) is 7.00. The summed E-state index contributed by atoms with van der Waals surface area (Å²) in [5.74, 6) is 3.36. The van der Waals surface area contributed by atoms with Crippen molar-refractivity contribution in [3.63, 3.8) is 0 Å². The lowest BCUT2D eigenvalue weighted by atomic mass is 10.1. The van der Waals surface area contributed by atoms with E-state index in [-0.39, 0.29) is 0 Å². The molecule has 2 unspecified atom stereocenters. The molecule has 1 fully saturated rings. The molecule has 0 aliphatic heterocycles. The van der Waals surface area contributed by atoms with Crippen molar-refractivity contribution in [3.05, 3.63) is 11.8 Å². The van der Waals surface area contributed by atoms with E-state index < -0.39 is 0 Å². The predicted molar refractivity (Wildman–Crippen MR) is 75.9 cm³/mol. The van der Waals surface area contributed by atoms with E-state index in [1.807, 2.05) is 13.0 Å². The van der Waals surface area contributed by atoms with Gasteiger partial charge < -0.3 is 10.6 Å². The minimum absolute atomic E-state index is 0.722. The highest BCUT2D eigenvalue weighted by molar-refractivity contribution is 5.42. The fourth-order valence-electron chi connectivity index (χ4n) is 2.66. The van der Waals surface area contributed by atoms with E-state index in [0.717, 1.165) is 42.4 Å². The molecule has 0 amide bonds. The minimum Gasteiger partial charge on any atom is -0.370 e. The quantitative estimate of drug-likeness (QED) is 0.841. The average Bonchev–Trinajstić information content (AvgIpc) is 2.72. The molecule has 100 valence electrons. The van der Waals surface area contributed by atoms with E-state index in [1.54, 1.807) is 0 Å². The first-order valence-electron chi connectivity index (χ1n) is 7.00. The highest BCUT2D eigenvalue weighted by atomic mass is 15.1. The van der Waals surface area contributed by atoms with Crippen LogP contribution in [-0.4, -0.2) is 23.1 Å². The number of hydrogen-bond acceptors (Lipinski definition) is 4. The van der Waals surface area contributed by atoms with Gasteiger partial charge >= 0.3 is 0 Å². The minimum atomic E-state index is 0.722. The van der Waals surface area contributed by atoms with Crippen LogP contribution < -0.4 is 10.6 Å². The van der Waals surface area contributed by atoms with Crippen LogP contribution in [0.25, 0.3) is 0 Å². The molecular weight excluding hydrogens is 224 g/mol. The van der Waals surface area contributed by atoms with Gasteiger partial charge in [-0.2, -0.15) is 4.98 Å². The first-order chi connectivity index (χ1) is 8.67. The number of aromatic nitrogens is 2. The lowest BCUT2D eigenvalue weighted by Crippen LogP contribution is -2.14. The van der Waals surface area contributed by atoms with Crippen molar-refractivity contribution in [2.45, 2.75) is 40.0 Å². The second-order valence-corrected chi connectivity index (χ2v) is 5.41. The number of nitrogens with one attached hydrogen (secondary N) is 2. The second kappa shape index (κ2) is 6.03. The molecule has 0 aromatic carbocycles. The molecule has 1 aromatic rings. The molecule has 0 saturated heterocycles. The third kappa shape index (κ3) is 3.59. The molecule has 1 saturated carbocycles. The molecule has 1 aliphatic rings. The van der Waals surface area contributed by atoms with E-state index >= 15 is 0 Å². The summed E-state index contributed by atoms with van der Waals surface area (Å²) < 4.78 is 0. The van der Waals surface area contributed by atoms with Crippen molar-refractivity contribution in [1.29, 1.82) is 0 Å². The molecule has 4 nitrogen and oxygen atoms in total. The zero-order chi connectivity index (χ0) is 13.0. The Bertz CT molecular complexity index is 391. The Morgan fingerprint density at radius 1 is 1.28 bits per heavy atom. The fraction of sp³-hybridized carbons (Fsp3) is 0.714. The Morgan fingerprint density at radius 3 is 2.78 bits per heavy atom. The summed E-state index contributed by atoms with van der Waals surface area (Å²) in [6.45, 7) is 8.29. The fourth-order valence-corrected chi connectivity index (χ4v) is 2.66. The van der Waals surface area contributed by atoms with Gasteiger partial charge in [0, 0.05) is 24.8 Å². The van der Waals surface area contributed by atoms with Gasteiger partial charge in [0.25, 0.3) is 0 Å². The monoisotopic (exact) mass is 248 g/mol. The molecular formula is C14H24N4. The Hall–Kier alpha value is -1.32. The molecule has 0 spiro atoms. The maximum absolute atomic E-state index is 4.47. The third-order valence-corrected chi connectivity index (χ3v) is 3.56. The molecule has 0 radical (unpaired) electrons. The normalized spacial score (nSPS) is 23.1. The van der Waals surface area contributed by atoms with Gasteiger partial charge in [0.2, 0.25) is 5.95 Å². The van der Waals surface area contributed by atoms with Gasteiger partial charge in [-0.25, -0.2) is 4.98 Å². The van der Waals surface area contributed by atoms with Crippen LogP contribution in [0, 0.1) is 18.8 Å². The summed E-state index contributed by atoms with van der Waals surface area (Å²) in [6.07, 6.45) is 4.06. The Labute approximate surface area is 110 Å². The third-order valence-electron chi connectivity index (χ3n) is 3.56. The van der Waals surface area contributed by atoms with E-state index in [0.29, 0.717) is 0 Å². The summed E-state index contributed by atoms with van der Waals surface area (Å²) in [7, 11) is 0. The maximum Gasteiger partial charge on any atom is 0.224 e. The lowest BCUT2D eigenvalue weighted by molar-refractivity contribution is 0.536. The Balaban J connectivity index is 1.92. The van der Waals surface area contributed by atoms with Crippen molar-refractivity contribution < 1.29 is 0 Å². The van der Waals surface area contributed by atoms with Crippen LogP contribution in [0.2, 0.25) is 0 Å². The summed E-state index contributed by atoms with van der Waals surface area (Å²) in [5, 5.41) is 6.62. The predicted octanol–water partition coefficient (Wildman–Crippen LogP) is 3.06. The number of rotatable bonds is 5. The van der Waals surface area contributed by atoms with Crippen LogP contribution >= 0.6 is 0 Å². The van der Waals surface area contributed by atoms with Gasteiger partial charge in [0.15, 0.2) is 0 Å². The number of hydrogen-bond donors (Lipinski definition) is 2. The van der Waals surface area contributed by atoms with Crippen molar-refractivity contribution in [2.24, 2.45) is 11.8 Å². The van der Waals surface area contributed by atoms with Crippen LogP contribution in [0.5, 0.6) is 0 Å². The average molecular weight is 248 g/mol. The molecule has 2 rings (SSSR count). The molecule has 2 atom stereocenters. The second-order valence-electron chi connectivity index (χ2n) is 5.41. The summed E-state index contributed by atoms with van der Waals surface area (Å²) in [5.41, 5.74) is 1.00. The van der Waals surface area contributed by atoms with E-state index in [9.17, 15) is 0 Å². The molecule has 18 heavy (non-hydrogen) atoms. The first kappa shape index (κ1) is 13.1. The molecule has 4 heteroatoms. The highest BCUT2D eigenvalue weighted by Crippen LogP contribution is 2.30. The number of nitrogens with zero attached hydrogens (tertiary/aromatic N) is 2. The van der Waals surface area contributed by atoms with Gasteiger partial charge in [-0.1, -0.05) is 13.3 Å². The lowest BCUT2D eigenvalue weighted by Gasteiger charge is -2.13. The van der Waals surface area contributed by atoms with Crippen LogP contribution in [0.3, 0.4) is 0 Å². The van der Waals surface area contributed by atoms with E-state index in [1.165, 1.54) is 19.3 Å². The smallest absolute Gasteiger partial charge is 0.224 e. The summed E-state index contributed by atoms with van der Waals surface area (Å²) >= 11 is 0. The van der Waals surface area contributed by atoms with Gasteiger partial charge in [-0.3, -0.25) is 0 Å². The van der Waals surface area contributed by atoms with Crippen molar-refractivity contribution >= 4 is 11.8 Å². The Morgan fingerprint density at radius 2 is 2.11 bits per heavy atom. The van der Waals surface area contributed by atoms with Crippen molar-refractivity contribution in [3.8, 4) is 0 Å². The van der Waals surface area contributed by atoms with Gasteiger partial charge in [0.1, 0.15) is 5.82 Å². The van der Waals surface area contributed by atoms with E-state index in [2.05, 4.69) is 34.4 Å². The van der Waals surface area contributed by atoms with Crippen LogP contribution in [0.4, 0.5) is 11.8 Å². The zero-order valence-corrected chi connectivity index (χ0v) is 11.7. The highest BCUT2D eigenvalue weighted by Gasteiger charge is 2.20. The van der Waals surface area contributed by atoms with Gasteiger partial charge in [-0.15, -0.1) is 0 Å². The van der Waals surface area contributed by atoms with Crippen molar-refractivity contribution in [1.82, 2.24) is 9.97 Å². The van der Waals surface area contributed by atoms with Crippen LogP contribution in [-0.2, 0) is 0 Å². The Kier molecular flexibility index (Phi) is 4.39. The van der Waals surface area contributed by atoms with E-state index in [4.69, 9.17) is 0 Å². The number of aryl methyl sites for hydroxylation is 1. The maximum atomic E-state index is 4.47. The largest absolute Gasteiger partial charge is 0.370 e. The number of anilines is 2. The van der Waals surface area contributed by atoms with Gasteiger partial charge in [0.05, 0.1) is 0 Å². The molecule has 1 aromatic heterocycles. The molecule has 2 N–H and O–H groups in total.